The lowest BCUT2D eigenvalue weighted by Crippen LogP contribution is -2.27. The maximum Gasteiger partial charge on any atom is 0.270 e. The first-order valence-electron chi connectivity index (χ1n) is 6.77. The molecule has 20 heavy (non-hydrogen) atoms. The number of hydrogen-bond donors (Lipinski definition) is 2. The van der Waals surface area contributed by atoms with Gasteiger partial charge in [0.2, 0.25) is 0 Å². The maximum absolute atomic E-state index is 12.2. The van der Waals surface area contributed by atoms with Gasteiger partial charge in [-0.15, -0.1) is 0 Å². The van der Waals surface area contributed by atoms with Gasteiger partial charge in [-0.3, -0.25) is 4.79 Å². The van der Waals surface area contributed by atoms with Crippen LogP contribution >= 0.6 is 0 Å². The van der Waals surface area contributed by atoms with Crippen LogP contribution in [0, 0.1) is 0 Å². The normalized spacial score (nSPS) is 11.7. The van der Waals surface area contributed by atoms with E-state index in [9.17, 15) is 4.79 Å². The van der Waals surface area contributed by atoms with E-state index in [0.717, 1.165) is 12.1 Å². The third kappa shape index (κ3) is 3.57. The van der Waals surface area contributed by atoms with E-state index in [-0.39, 0.29) is 11.9 Å². The predicted octanol–water partition coefficient (Wildman–Crippen LogP) is 3.00. The summed E-state index contributed by atoms with van der Waals surface area (Å²) in [5.41, 5.74) is 1.50. The number of hydrogen-bond acceptors (Lipinski definition) is 3. The van der Waals surface area contributed by atoms with E-state index in [1.54, 1.807) is 6.07 Å². The SMILES string of the molecule is CCNc1cccc(C(=O)NC(C)c2ccccc2)n1. The van der Waals surface area contributed by atoms with Crippen molar-refractivity contribution in [1.82, 2.24) is 10.3 Å². The first-order chi connectivity index (χ1) is 9.70. The average molecular weight is 269 g/mol. The van der Waals surface area contributed by atoms with Gasteiger partial charge in [-0.05, 0) is 31.5 Å². The van der Waals surface area contributed by atoms with Crippen LogP contribution in [0.2, 0.25) is 0 Å². The lowest BCUT2D eigenvalue weighted by Gasteiger charge is -2.14. The molecule has 2 N–H and O–H groups in total. The molecule has 1 unspecified atom stereocenters. The lowest BCUT2D eigenvalue weighted by atomic mass is 10.1. The van der Waals surface area contributed by atoms with Crippen LogP contribution in [0.3, 0.4) is 0 Å². The van der Waals surface area contributed by atoms with Crippen molar-refractivity contribution >= 4 is 11.7 Å². The van der Waals surface area contributed by atoms with E-state index in [4.69, 9.17) is 0 Å². The van der Waals surface area contributed by atoms with Crippen molar-refractivity contribution in [3.63, 3.8) is 0 Å². The highest BCUT2D eigenvalue weighted by Crippen LogP contribution is 2.12. The number of anilines is 1. The summed E-state index contributed by atoms with van der Waals surface area (Å²) in [6.45, 7) is 4.73. The van der Waals surface area contributed by atoms with Gasteiger partial charge in [0.25, 0.3) is 5.91 Å². The number of rotatable bonds is 5. The molecule has 1 heterocycles. The van der Waals surface area contributed by atoms with Gasteiger partial charge in [-0.2, -0.15) is 0 Å². The third-order valence-electron chi connectivity index (χ3n) is 2.99. The minimum Gasteiger partial charge on any atom is -0.370 e. The van der Waals surface area contributed by atoms with Crippen molar-refractivity contribution in [2.75, 3.05) is 11.9 Å². The number of pyridine rings is 1. The number of amides is 1. The summed E-state index contributed by atoms with van der Waals surface area (Å²) in [7, 11) is 0. The first kappa shape index (κ1) is 14.1. The van der Waals surface area contributed by atoms with Crippen molar-refractivity contribution in [2.45, 2.75) is 19.9 Å². The van der Waals surface area contributed by atoms with Gasteiger partial charge in [-0.25, -0.2) is 4.98 Å². The zero-order valence-electron chi connectivity index (χ0n) is 11.8. The molecule has 0 saturated heterocycles. The van der Waals surface area contributed by atoms with Crippen LogP contribution < -0.4 is 10.6 Å². The highest BCUT2D eigenvalue weighted by molar-refractivity contribution is 5.92. The maximum atomic E-state index is 12.2. The number of benzene rings is 1. The monoisotopic (exact) mass is 269 g/mol. The van der Waals surface area contributed by atoms with Gasteiger partial charge < -0.3 is 10.6 Å². The molecule has 0 aliphatic carbocycles. The summed E-state index contributed by atoms with van der Waals surface area (Å²) in [4.78, 5) is 16.5. The standard InChI is InChI=1S/C16H19N3O/c1-3-17-15-11-7-10-14(19-15)16(20)18-12(2)13-8-5-4-6-9-13/h4-12H,3H2,1-2H3,(H,17,19)(H,18,20). The molecule has 0 bridgehead atoms. The Labute approximate surface area is 119 Å². The number of nitrogens with zero attached hydrogens (tertiary/aromatic N) is 1. The Kier molecular flexibility index (Phi) is 4.71. The van der Waals surface area contributed by atoms with Crippen molar-refractivity contribution in [3.8, 4) is 0 Å². The topological polar surface area (TPSA) is 54.0 Å². The minimum atomic E-state index is -0.166. The van der Waals surface area contributed by atoms with Gasteiger partial charge in [0.05, 0.1) is 6.04 Å². The summed E-state index contributed by atoms with van der Waals surface area (Å²) in [5.74, 6) is 0.550. The summed E-state index contributed by atoms with van der Waals surface area (Å²) in [5, 5.41) is 6.05. The zero-order chi connectivity index (χ0) is 14.4. The quantitative estimate of drug-likeness (QED) is 0.877. The number of carbonyl (C=O) groups is 1. The van der Waals surface area contributed by atoms with Crippen LogP contribution in [0.5, 0.6) is 0 Å². The molecule has 104 valence electrons. The summed E-state index contributed by atoms with van der Waals surface area (Å²) >= 11 is 0. The van der Waals surface area contributed by atoms with Crippen LogP contribution in [0.15, 0.2) is 48.5 Å². The Hall–Kier alpha value is -2.36. The highest BCUT2D eigenvalue weighted by atomic mass is 16.1. The van der Waals surface area contributed by atoms with E-state index in [1.807, 2.05) is 56.3 Å². The van der Waals surface area contributed by atoms with Crippen LogP contribution in [-0.2, 0) is 0 Å². The van der Waals surface area contributed by atoms with Gasteiger partial charge in [0.1, 0.15) is 11.5 Å². The molecule has 0 aliphatic rings. The van der Waals surface area contributed by atoms with E-state index in [0.29, 0.717) is 11.5 Å². The Morgan fingerprint density at radius 2 is 1.90 bits per heavy atom. The Bertz CT molecular complexity index is 569. The molecule has 1 aromatic heterocycles. The summed E-state index contributed by atoms with van der Waals surface area (Å²) in [6.07, 6.45) is 0. The van der Waals surface area contributed by atoms with E-state index in [2.05, 4.69) is 15.6 Å². The molecule has 0 saturated carbocycles. The highest BCUT2D eigenvalue weighted by Gasteiger charge is 2.12. The average Bonchev–Trinajstić information content (AvgIpc) is 2.48. The third-order valence-corrected chi connectivity index (χ3v) is 2.99. The molecule has 1 atom stereocenters. The molecule has 0 spiro atoms. The summed E-state index contributed by atoms with van der Waals surface area (Å²) in [6, 6.07) is 15.2. The smallest absolute Gasteiger partial charge is 0.270 e. The molecule has 1 amide bonds. The van der Waals surface area contributed by atoms with Gasteiger partial charge in [0.15, 0.2) is 0 Å². The number of nitrogens with one attached hydrogen (secondary N) is 2. The molecule has 4 nitrogen and oxygen atoms in total. The fourth-order valence-corrected chi connectivity index (χ4v) is 1.94. The van der Waals surface area contributed by atoms with Crippen molar-refractivity contribution in [2.24, 2.45) is 0 Å². The minimum absolute atomic E-state index is 0.0479. The largest absolute Gasteiger partial charge is 0.370 e. The van der Waals surface area contributed by atoms with E-state index >= 15 is 0 Å². The second-order valence-corrected chi connectivity index (χ2v) is 4.54. The molecule has 1 aromatic carbocycles. The fourth-order valence-electron chi connectivity index (χ4n) is 1.94. The molecule has 0 aliphatic heterocycles. The molecular formula is C16H19N3O. The predicted molar refractivity (Wildman–Crippen MR) is 80.7 cm³/mol. The molecule has 0 fully saturated rings. The van der Waals surface area contributed by atoms with Crippen molar-refractivity contribution in [1.29, 1.82) is 0 Å². The lowest BCUT2D eigenvalue weighted by molar-refractivity contribution is 0.0935. The van der Waals surface area contributed by atoms with Crippen LogP contribution in [0.25, 0.3) is 0 Å². The van der Waals surface area contributed by atoms with Crippen LogP contribution in [0.1, 0.15) is 35.9 Å². The number of aromatic nitrogens is 1. The second-order valence-electron chi connectivity index (χ2n) is 4.54. The number of carbonyl (C=O) groups excluding carboxylic acids is 1. The van der Waals surface area contributed by atoms with E-state index in [1.165, 1.54) is 0 Å². The Balaban J connectivity index is 2.06. The summed E-state index contributed by atoms with van der Waals surface area (Å²) < 4.78 is 0. The Morgan fingerprint density at radius 1 is 1.15 bits per heavy atom. The molecule has 0 radical (unpaired) electrons. The van der Waals surface area contributed by atoms with E-state index < -0.39 is 0 Å². The molecule has 4 heteroatoms. The molecule has 2 rings (SSSR count). The van der Waals surface area contributed by atoms with Gasteiger partial charge >= 0.3 is 0 Å². The van der Waals surface area contributed by atoms with Crippen molar-refractivity contribution < 1.29 is 4.79 Å². The van der Waals surface area contributed by atoms with Crippen molar-refractivity contribution in [3.05, 3.63) is 59.8 Å². The fraction of sp³-hybridized carbons (Fsp3) is 0.250. The second kappa shape index (κ2) is 6.70. The van der Waals surface area contributed by atoms with Gasteiger partial charge in [-0.1, -0.05) is 36.4 Å². The first-order valence-corrected chi connectivity index (χ1v) is 6.77. The molecular weight excluding hydrogens is 250 g/mol. The van der Waals surface area contributed by atoms with Gasteiger partial charge in [0, 0.05) is 6.54 Å². The Morgan fingerprint density at radius 3 is 2.60 bits per heavy atom. The van der Waals surface area contributed by atoms with Crippen LogP contribution in [0.4, 0.5) is 5.82 Å². The van der Waals surface area contributed by atoms with Crippen LogP contribution in [-0.4, -0.2) is 17.4 Å². The zero-order valence-corrected chi connectivity index (χ0v) is 11.8. The molecule has 2 aromatic rings.